The highest BCUT2D eigenvalue weighted by atomic mass is 16.5. The van der Waals surface area contributed by atoms with E-state index in [1.807, 2.05) is 62.4 Å². The van der Waals surface area contributed by atoms with Crippen LogP contribution in [0.3, 0.4) is 0 Å². The van der Waals surface area contributed by atoms with Crippen LogP contribution in [-0.4, -0.2) is 34.1 Å². The molecule has 1 amide bonds. The van der Waals surface area contributed by atoms with Gasteiger partial charge in [-0.15, -0.1) is 10.2 Å². The number of aryl methyl sites for hydroxylation is 1. The lowest BCUT2D eigenvalue weighted by molar-refractivity contribution is -0.118. The quantitative estimate of drug-likeness (QED) is 0.322. The third kappa shape index (κ3) is 5.51. The number of nitrogens with zero attached hydrogens (tertiary/aromatic N) is 3. The number of hydrogen-bond acceptors (Lipinski definition) is 5. The molecule has 0 saturated heterocycles. The van der Waals surface area contributed by atoms with Crippen molar-refractivity contribution in [3.63, 3.8) is 0 Å². The first-order valence-electron chi connectivity index (χ1n) is 12.7. The number of hydrogen-bond donors (Lipinski definition) is 1. The second kappa shape index (κ2) is 10.8. The molecule has 0 bridgehead atoms. The molecule has 0 spiro atoms. The minimum absolute atomic E-state index is 0.0564. The lowest BCUT2D eigenvalue weighted by Crippen LogP contribution is -2.20. The lowest BCUT2D eigenvalue weighted by Gasteiger charge is -2.22. The lowest BCUT2D eigenvalue weighted by atomic mass is 9.84. The number of nitrogens with one attached hydrogen (secondary N) is 1. The molecule has 0 atom stereocenters. The van der Waals surface area contributed by atoms with Crippen LogP contribution in [0.25, 0.3) is 16.7 Å². The Morgan fingerprint density at radius 1 is 0.917 bits per heavy atom. The highest BCUT2D eigenvalue weighted by Gasteiger charge is 2.16. The first-order valence-corrected chi connectivity index (χ1v) is 12.7. The molecule has 186 valence electrons. The Hall–Kier alpha value is -3.87. The molecule has 5 rings (SSSR count). The van der Waals surface area contributed by atoms with Crippen LogP contribution in [-0.2, 0) is 4.79 Å². The van der Waals surface area contributed by atoms with Gasteiger partial charge in [0.15, 0.2) is 6.61 Å². The summed E-state index contributed by atoms with van der Waals surface area (Å²) in [5.74, 6) is 1.95. The van der Waals surface area contributed by atoms with Crippen molar-refractivity contribution in [1.29, 1.82) is 0 Å². The normalized spacial score (nSPS) is 14.1. The highest BCUT2D eigenvalue weighted by Crippen LogP contribution is 2.33. The van der Waals surface area contributed by atoms with Crippen LogP contribution in [0.2, 0.25) is 0 Å². The van der Waals surface area contributed by atoms with E-state index in [9.17, 15) is 4.79 Å². The van der Waals surface area contributed by atoms with E-state index >= 15 is 0 Å². The maximum absolute atomic E-state index is 12.6. The third-order valence-corrected chi connectivity index (χ3v) is 6.71. The van der Waals surface area contributed by atoms with Crippen LogP contribution < -0.4 is 14.8 Å². The molecule has 0 aliphatic heterocycles. The Morgan fingerprint density at radius 3 is 2.25 bits per heavy atom. The number of fused-ring (bicyclic) bond motifs is 1. The number of carbonyl (C=O) groups is 1. The molecule has 1 aliphatic carbocycles. The molecular weight excluding hydrogens is 452 g/mol. The van der Waals surface area contributed by atoms with Crippen LogP contribution in [0, 0.1) is 6.92 Å². The minimum Gasteiger partial charge on any atom is -0.494 e. The molecule has 0 unspecified atom stereocenters. The standard InChI is InChI=1S/C29H32N4O3/c1-3-35-24-15-11-23(12-16-24)33-31-27-17-20(2)26(18-28(27)32-33)30-29(34)19-36-25-13-9-22(10-14-25)21-7-5-4-6-8-21/h9-18,21H,3-8,19H2,1-2H3,(H,30,34). The molecule has 36 heavy (non-hydrogen) atoms. The Balaban J connectivity index is 1.21. The van der Waals surface area contributed by atoms with E-state index in [1.165, 1.54) is 37.7 Å². The number of ether oxygens (including phenoxy) is 2. The minimum atomic E-state index is -0.215. The fourth-order valence-electron chi connectivity index (χ4n) is 4.77. The Bertz CT molecular complexity index is 1320. The topological polar surface area (TPSA) is 78.3 Å². The molecule has 1 fully saturated rings. The summed E-state index contributed by atoms with van der Waals surface area (Å²) >= 11 is 0. The van der Waals surface area contributed by atoms with Crippen molar-refractivity contribution in [3.05, 3.63) is 71.8 Å². The first kappa shape index (κ1) is 23.9. The first-order chi connectivity index (χ1) is 17.6. The summed E-state index contributed by atoms with van der Waals surface area (Å²) in [5.41, 5.74) is 5.26. The van der Waals surface area contributed by atoms with Crippen molar-refractivity contribution >= 4 is 22.6 Å². The monoisotopic (exact) mass is 484 g/mol. The molecular formula is C29H32N4O3. The highest BCUT2D eigenvalue weighted by molar-refractivity contribution is 5.95. The van der Waals surface area contributed by atoms with Gasteiger partial charge < -0.3 is 14.8 Å². The number of benzene rings is 3. The average molecular weight is 485 g/mol. The number of amides is 1. The molecule has 1 heterocycles. The zero-order valence-corrected chi connectivity index (χ0v) is 20.9. The van der Waals surface area contributed by atoms with Crippen molar-refractivity contribution in [1.82, 2.24) is 15.0 Å². The summed E-state index contributed by atoms with van der Waals surface area (Å²) in [4.78, 5) is 14.2. The zero-order chi connectivity index (χ0) is 24.9. The van der Waals surface area contributed by atoms with Crippen molar-refractivity contribution in [2.75, 3.05) is 18.5 Å². The number of rotatable bonds is 8. The molecule has 1 aromatic heterocycles. The predicted molar refractivity (Wildman–Crippen MR) is 141 cm³/mol. The number of aromatic nitrogens is 3. The number of anilines is 1. The summed E-state index contributed by atoms with van der Waals surface area (Å²) in [5, 5.41) is 12.1. The van der Waals surface area contributed by atoms with Gasteiger partial charge in [-0.05, 0) is 92.3 Å². The maximum atomic E-state index is 12.6. The Kier molecular flexibility index (Phi) is 7.16. The fourth-order valence-corrected chi connectivity index (χ4v) is 4.77. The molecule has 7 nitrogen and oxygen atoms in total. The van der Waals surface area contributed by atoms with Crippen molar-refractivity contribution in [2.24, 2.45) is 0 Å². The van der Waals surface area contributed by atoms with Crippen LogP contribution >= 0.6 is 0 Å². The van der Waals surface area contributed by atoms with E-state index in [0.717, 1.165) is 22.5 Å². The summed E-state index contributed by atoms with van der Waals surface area (Å²) in [6.45, 7) is 4.46. The maximum Gasteiger partial charge on any atom is 0.262 e. The molecule has 4 aromatic rings. The molecule has 1 saturated carbocycles. The van der Waals surface area contributed by atoms with Crippen molar-refractivity contribution in [2.45, 2.75) is 51.9 Å². The summed E-state index contributed by atoms with van der Waals surface area (Å²) in [7, 11) is 0. The van der Waals surface area contributed by atoms with Crippen LogP contribution in [0.15, 0.2) is 60.7 Å². The van der Waals surface area contributed by atoms with Crippen LogP contribution in [0.1, 0.15) is 56.1 Å². The van der Waals surface area contributed by atoms with Gasteiger partial charge in [0, 0.05) is 5.69 Å². The van der Waals surface area contributed by atoms with Gasteiger partial charge >= 0.3 is 0 Å². The van der Waals surface area contributed by atoms with Gasteiger partial charge in [-0.25, -0.2) is 0 Å². The Labute approximate surface area is 211 Å². The van der Waals surface area contributed by atoms with E-state index in [0.29, 0.717) is 29.5 Å². The molecule has 1 N–H and O–H groups in total. The van der Waals surface area contributed by atoms with E-state index in [2.05, 4.69) is 27.6 Å². The number of carbonyl (C=O) groups excluding carboxylic acids is 1. The van der Waals surface area contributed by atoms with Gasteiger partial charge in [0.1, 0.15) is 22.5 Å². The smallest absolute Gasteiger partial charge is 0.262 e. The van der Waals surface area contributed by atoms with Crippen LogP contribution in [0.5, 0.6) is 11.5 Å². The van der Waals surface area contributed by atoms with Gasteiger partial charge in [-0.3, -0.25) is 4.79 Å². The van der Waals surface area contributed by atoms with E-state index in [4.69, 9.17) is 9.47 Å². The van der Waals surface area contributed by atoms with Crippen molar-refractivity contribution < 1.29 is 14.3 Å². The van der Waals surface area contributed by atoms with Gasteiger partial charge in [0.05, 0.1) is 12.3 Å². The molecule has 7 heteroatoms. The van der Waals surface area contributed by atoms with Gasteiger partial charge in [-0.2, -0.15) is 4.80 Å². The summed E-state index contributed by atoms with van der Waals surface area (Å²) in [6, 6.07) is 19.6. The van der Waals surface area contributed by atoms with Gasteiger partial charge in [0.25, 0.3) is 5.91 Å². The third-order valence-electron chi connectivity index (χ3n) is 6.71. The SMILES string of the molecule is CCOc1ccc(-n2nc3cc(C)c(NC(=O)COc4ccc(C5CCCCC5)cc4)cc3n2)cc1. The summed E-state index contributed by atoms with van der Waals surface area (Å²) < 4.78 is 11.2. The average Bonchev–Trinajstić information content (AvgIpc) is 3.32. The zero-order valence-electron chi connectivity index (χ0n) is 20.9. The Morgan fingerprint density at radius 2 is 1.56 bits per heavy atom. The largest absolute Gasteiger partial charge is 0.494 e. The van der Waals surface area contributed by atoms with Crippen LogP contribution in [0.4, 0.5) is 5.69 Å². The van der Waals surface area contributed by atoms with Gasteiger partial charge in [-0.1, -0.05) is 31.4 Å². The molecule has 1 aliphatic rings. The van der Waals surface area contributed by atoms with Gasteiger partial charge in [0.2, 0.25) is 0 Å². The van der Waals surface area contributed by atoms with E-state index in [-0.39, 0.29) is 12.5 Å². The summed E-state index contributed by atoms with van der Waals surface area (Å²) in [6.07, 6.45) is 6.50. The predicted octanol–water partition coefficient (Wildman–Crippen LogP) is 6.19. The molecule has 3 aromatic carbocycles. The fraction of sp³-hybridized carbons (Fsp3) is 0.345. The van der Waals surface area contributed by atoms with E-state index in [1.54, 1.807) is 4.80 Å². The van der Waals surface area contributed by atoms with E-state index < -0.39 is 0 Å². The molecule has 0 radical (unpaired) electrons. The second-order valence-electron chi connectivity index (χ2n) is 9.31. The second-order valence-corrected chi connectivity index (χ2v) is 9.31. The van der Waals surface area contributed by atoms with Crippen molar-refractivity contribution in [3.8, 4) is 17.2 Å².